The molecule has 42 heavy (non-hydrogen) atoms. The lowest BCUT2D eigenvalue weighted by atomic mass is 10.0. The smallest absolute Gasteiger partial charge is 0.419 e. The third-order valence-electron chi connectivity index (χ3n) is 6.97. The number of H-pyrrole nitrogens is 1. The summed E-state index contributed by atoms with van der Waals surface area (Å²) in [5.74, 6) is 0.0585. The van der Waals surface area contributed by atoms with Crippen LogP contribution in [0.25, 0.3) is 22.2 Å². The van der Waals surface area contributed by atoms with Gasteiger partial charge in [0, 0.05) is 49.6 Å². The second-order valence-corrected chi connectivity index (χ2v) is 19.3. The van der Waals surface area contributed by atoms with E-state index in [1.165, 1.54) is 6.20 Å². The van der Waals surface area contributed by atoms with E-state index in [0.717, 1.165) is 24.2 Å². The summed E-state index contributed by atoms with van der Waals surface area (Å²) in [5, 5.41) is 6.28. The summed E-state index contributed by atoms with van der Waals surface area (Å²) >= 11 is 3.58. The van der Waals surface area contributed by atoms with Crippen LogP contribution in [0.3, 0.4) is 0 Å². The molecule has 3 N–H and O–H groups in total. The van der Waals surface area contributed by atoms with Gasteiger partial charge in [0.1, 0.15) is 16.2 Å². The Bertz CT molecular complexity index is 1400. The molecule has 1 aliphatic rings. The highest BCUT2D eigenvalue weighted by Gasteiger charge is 2.37. The minimum Gasteiger partial charge on any atom is -0.444 e. The van der Waals surface area contributed by atoms with Crippen molar-refractivity contribution in [2.45, 2.75) is 94.6 Å². The molecule has 1 amide bonds. The summed E-state index contributed by atoms with van der Waals surface area (Å²) in [6, 6.07) is 5.97. The van der Waals surface area contributed by atoms with Gasteiger partial charge in [0.25, 0.3) is 0 Å². The Hall–Kier alpha value is -2.64. The molecule has 3 aromatic rings. The minimum absolute atomic E-state index is 0.0585. The van der Waals surface area contributed by atoms with E-state index in [2.05, 4.69) is 61.2 Å². The van der Waals surface area contributed by atoms with Gasteiger partial charge in [-0.2, -0.15) is 13.2 Å². The highest BCUT2D eigenvalue weighted by molar-refractivity contribution is 9.09. The molecule has 1 aromatic carbocycles. The zero-order chi connectivity index (χ0) is 30.9. The molecular weight excluding hydrogens is 631 g/mol. The molecule has 2 unspecified atom stereocenters. The Labute approximate surface area is 253 Å². The van der Waals surface area contributed by atoms with Gasteiger partial charge in [0.15, 0.2) is 0 Å². The number of alkyl halides is 4. The molecule has 8 nitrogen and oxygen atoms in total. The van der Waals surface area contributed by atoms with Crippen LogP contribution in [0.1, 0.15) is 56.2 Å². The van der Waals surface area contributed by atoms with Crippen LogP contribution in [0.5, 0.6) is 0 Å². The van der Waals surface area contributed by atoms with Crippen LogP contribution in [0, 0.1) is 0 Å². The normalized spacial score (nSPS) is 18.7. The number of fused-ring (bicyclic) bond motifs is 1. The number of halogens is 4. The number of hydrogen-bond acceptors (Lipinski definition) is 6. The highest BCUT2D eigenvalue weighted by Crippen LogP contribution is 2.40. The van der Waals surface area contributed by atoms with Crippen molar-refractivity contribution in [3.63, 3.8) is 0 Å². The molecule has 3 atom stereocenters. The maximum Gasteiger partial charge on any atom is 0.419 e. The standard InChI is InChI=1S/C29H39BrF3N5O3Si/c1-28(2,3)41-27(39)37-22-9-7-8-21(22)36-26-35-16-20(29(31,32)33)24(38-26)19-15-34-23-14-17(10-11-18(19)23)25(30)40-12-13-42(4,5)6/h10-11,14-16,21-22,25,34H,7-9,12-13H2,1-6H3,(H,37,39)(H,35,36,38)/t21-,22?,25?/m0/s1. The lowest BCUT2D eigenvalue weighted by Gasteiger charge is -2.25. The van der Waals surface area contributed by atoms with E-state index in [-0.39, 0.29) is 28.7 Å². The molecule has 0 aliphatic heterocycles. The number of alkyl carbamates (subject to hydrolysis) is 1. The number of hydrogen-bond donors (Lipinski definition) is 3. The number of aromatic nitrogens is 3. The summed E-state index contributed by atoms with van der Waals surface area (Å²) in [6.45, 7) is 12.8. The van der Waals surface area contributed by atoms with E-state index in [4.69, 9.17) is 9.47 Å². The first-order valence-electron chi connectivity index (χ1n) is 14.1. The summed E-state index contributed by atoms with van der Waals surface area (Å²) in [4.78, 5) is 23.8. The maximum absolute atomic E-state index is 14.1. The quantitative estimate of drug-likeness (QED) is 0.157. The number of amides is 1. The van der Waals surface area contributed by atoms with Crippen LogP contribution in [-0.2, 0) is 15.7 Å². The monoisotopic (exact) mass is 669 g/mol. The van der Waals surface area contributed by atoms with Gasteiger partial charge in [-0.3, -0.25) is 0 Å². The summed E-state index contributed by atoms with van der Waals surface area (Å²) in [6.07, 6.45) is -0.628. The van der Waals surface area contributed by atoms with Crippen LogP contribution in [-0.4, -0.2) is 53.4 Å². The highest BCUT2D eigenvalue weighted by atomic mass is 79.9. The minimum atomic E-state index is -4.66. The van der Waals surface area contributed by atoms with Gasteiger partial charge in [-0.15, -0.1) is 0 Å². The molecule has 230 valence electrons. The SMILES string of the molecule is CC(C)(C)OC(=O)NC1CCC[C@@H]1Nc1ncc(C(F)(F)F)c(-c2c[nH]c3cc(C(Br)OCC[Si](C)(C)C)ccc23)n1. The van der Waals surface area contributed by atoms with Crippen molar-refractivity contribution < 1.29 is 27.4 Å². The van der Waals surface area contributed by atoms with Crippen molar-refractivity contribution in [1.82, 2.24) is 20.3 Å². The Morgan fingerprint density at radius 3 is 2.57 bits per heavy atom. The van der Waals surface area contributed by atoms with E-state index in [0.29, 0.717) is 35.9 Å². The van der Waals surface area contributed by atoms with Gasteiger partial charge in [-0.05, 0) is 57.7 Å². The van der Waals surface area contributed by atoms with Gasteiger partial charge in [-0.25, -0.2) is 14.8 Å². The lowest BCUT2D eigenvalue weighted by molar-refractivity contribution is -0.137. The number of carbonyl (C=O) groups is 1. The van der Waals surface area contributed by atoms with Crippen molar-refractivity contribution >= 4 is 46.9 Å². The van der Waals surface area contributed by atoms with Crippen molar-refractivity contribution in [1.29, 1.82) is 0 Å². The Balaban J connectivity index is 1.58. The molecular formula is C29H39BrF3N5O3Si. The number of benzene rings is 1. The number of ether oxygens (including phenoxy) is 2. The molecule has 4 rings (SSSR count). The van der Waals surface area contributed by atoms with E-state index in [9.17, 15) is 18.0 Å². The first kappa shape index (κ1) is 32.3. The van der Waals surface area contributed by atoms with Crippen molar-refractivity contribution in [3.05, 3.63) is 41.7 Å². The fraction of sp³-hybridized carbons (Fsp3) is 0.552. The van der Waals surface area contributed by atoms with Crippen molar-refractivity contribution in [2.24, 2.45) is 0 Å². The zero-order valence-electron chi connectivity index (χ0n) is 24.8. The van der Waals surface area contributed by atoms with E-state index < -0.39 is 31.5 Å². The van der Waals surface area contributed by atoms with Crippen LogP contribution < -0.4 is 10.6 Å². The van der Waals surface area contributed by atoms with Crippen LogP contribution in [0.2, 0.25) is 25.7 Å². The van der Waals surface area contributed by atoms with Gasteiger partial charge < -0.3 is 25.1 Å². The summed E-state index contributed by atoms with van der Waals surface area (Å²) in [5.41, 5.74) is 0.0378. The van der Waals surface area contributed by atoms with Gasteiger partial charge >= 0.3 is 12.3 Å². The predicted molar refractivity (Wildman–Crippen MR) is 165 cm³/mol. The largest absolute Gasteiger partial charge is 0.444 e. The Kier molecular flexibility index (Phi) is 9.63. The molecule has 1 fully saturated rings. The molecule has 0 bridgehead atoms. The number of nitrogens with zero attached hydrogens (tertiary/aromatic N) is 2. The Morgan fingerprint density at radius 1 is 1.19 bits per heavy atom. The second-order valence-electron chi connectivity index (χ2n) is 12.9. The van der Waals surface area contributed by atoms with Crippen LogP contribution >= 0.6 is 15.9 Å². The maximum atomic E-state index is 14.1. The second kappa shape index (κ2) is 12.5. The van der Waals surface area contributed by atoms with E-state index >= 15 is 0 Å². The van der Waals surface area contributed by atoms with E-state index in [1.807, 2.05) is 12.1 Å². The van der Waals surface area contributed by atoms with Gasteiger partial charge in [0.2, 0.25) is 5.95 Å². The third kappa shape index (κ3) is 8.47. The molecule has 0 radical (unpaired) electrons. The molecule has 13 heteroatoms. The van der Waals surface area contributed by atoms with Gasteiger partial charge in [0.05, 0.1) is 11.7 Å². The fourth-order valence-corrected chi connectivity index (χ4v) is 6.04. The number of aromatic amines is 1. The molecule has 1 aliphatic carbocycles. The third-order valence-corrected chi connectivity index (χ3v) is 9.46. The average Bonchev–Trinajstić information content (AvgIpc) is 3.47. The Morgan fingerprint density at radius 2 is 1.90 bits per heavy atom. The van der Waals surface area contributed by atoms with Crippen LogP contribution in [0.15, 0.2) is 30.6 Å². The fourth-order valence-electron chi connectivity index (χ4n) is 4.84. The molecule has 1 saturated carbocycles. The molecule has 0 spiro atoms. The number of carbonyl (C=O) groups excluding carboxylic acids is 1. The summed E-state index contributed by atoms with van der Waals surface area (Å²) in [7, 11) is -1.25. The van der Waals surface area contributed by atoms with E-state index in [1.54, 1.807) is 26.8 Å². The number of rotatable bonds is 9. The molecule has 0 saturated heterocycles. The van der Waals surface area contributed by atoms with Crippen molar-refractivity contribution in [3.8, 4) is 11.3 Å². The first-order chi connectivity index (χ1) is 19.5. The zero-order valence-corrected chi connectivity index (χ0v) is 27.4. The number of nitrogens with one attached hydrogen (secondary N) is 3. The average molecular weight is 671 g/mol. The van der Waals surface area contributed by atoms with Crippen molar-refractivity contribution in [2.75, 3.05) is 11.9 Å². The predicted octanol–water partition coefficient (Wildman–Crippen LogP) is 8.25. The van der Waals surface area contributed by atoms with Gasteiger partial charge in [-0.1, -0.05) is 47.7 Å². The molecule has 2 aromatic heterocycles. The first-order valence-corrected chi connectivity index (χ1v) is 18.7. The number of anilines is 1. The summed E-state index contributed by atoms with van der Waals surface area (Å²) < 4.78 is 53.6. The topological polar surface area (TPSA) is 101 Å². The molecule has 2 heterocycles. The van der Waals surface area contributed by atoms with Crippen LogP contribution in [0.4, 0.5) is 23.9 Å². The lowest BCUT2D eigenvalue weighted by Crippen LogP contribution is -2.45.